The zero-order valence-corrected chi connectivity index (χ0v) is 10.8. The van der Waals surface area contributed by atoms with Crippen LogP contribution in [0, 0.1) is 6.92 Å². The number of halogens is 1. The first kappa shape index (κ1) is 12.2. The largest absolute Gasteiger partial charge is 0.394 e. The van der Waals surface area contributed by atoms with E-state index in [1.165, 1.54) is 0 Å². The monoisotopic (exact) mass is 297 g/mol. The molecule has 0 unspecified atom stereocenters. The van der Waals surface area contributed by atoms with Crippen LogP contribution >= 0.6 is 15.9 Å². The van der Waals surface area contributed by atoms with Gasteiger partial charge < -0.3 is 15.4 Å². The van der Waals surface area contributed by atoms with E-state index in [1.54, 1.807) is 0 Å². The van der Waals surface area contributed by atoms with Gasteiger partial charge in [-0.15, -0.1) is 0 Å². The van der Waals surface area contributed by atoms with E-state index in [9.17, 15) is 0 Å². The summed E-state index contributed by atoms with van der Waals surface area (Å²) >= 11 is 3.44. The third kappa shape index (κ3) is 2.54. The number of aromatic nitrogens is 2. The Morgan fingerprint density at radius 3 is 2.94 bits per heavy atom. The van der Waals surface area contributed by atoms with Crippen molar-refractivity contribution in [2.75, 3.05) is 6.61 Å². The van der Waals surface area contributed by atoms with Gasteiger partial charge in [0.05, 0.1) is 6.61 Å². The lowest BCUT2D eigenvalue weighted by Gasteiger charge is -2.00. The van der Waals surface area contributed by atoms with E-state index in [2.05, 4.69) is 26.1 Å². The molecule has 0 amide bonds. The third-order valence-corrected chi connectivity index (χ3v) is 2.98. The summed E-state index contributed by atoms with van der Waals surface area (Å²) in [6.07, 6.45) is 0. The number of rotatable bonds is 3. The number of hydrogen-bond donors (Lipinski definition) is 2. The Bertz CT molecular complexity index is 527. The predicted molar refractivity (Wildman–Crippen MR) is 66.2 cm³/mol. The summed E-state index contributed by atoms with van der Waals surface area (Å²) in [6.45, 7) is 1.77. The number of aliphatic hydroxyl groups is 1. The molecule has 5 nitrogen and oxygen atoms in total. The molecule has 17 heavy (non-hydrogen) atoms. The van der Waals surface area contributed by atoms with Crippen molar-refractivity contribution >= 4 is 15.9 Å². The van der Waals surface area contributed by atoms with Crippen molar-refractivity contribution in [3.63, 3.8) is 0 Å². The lowest BCUT2D eigenvalue weighted by atomic mass is 10.1. The van der Waals surface area contributed by atoms with Crippen LogP contribution in [0.3, 0.4) is 0 Å². The first-order valence-corrected chi connectivity index (χ1v) is 5.87. The highest BCUT2D eigenvalue weighted by molar-refractivity contribution is 9.10. The summed E-state index contributed by atoms with van der Waals surface area (Å²) in [5, 5.41) is 12.7. The van der Waals surface area contributed by atoms with E-state index in [1.807, 2.05) is 25.1 Å². The Balaban J connectivity index is 2.37. The minimum Gasteiger partial charge on any atom is -0.394 e. The summed E-state index contributed by atoms with van der Waals surface area (Å²) in [6, 6.07) is 5.19. The molecule has 0 aliphatic heterocycles. The van der Waals surface area contributed by atoms with Crippen LogP contribution in [-0.4, -0.2) is 21.9 Å². The maximum Gasteiger partial charge on any atom is 0.246 e. The van der Waals surface area contributed by atoms with Gasteiger partial charge in [-0.05, 0) is 24.6 Å². The van der Waals surface area contributed by atoms with Crippen LogP contribution in [-0.2, 0) is 0 Å². The molecule has 1 atom stereocenters. The van der Waals surface area contributed by atoms with Gasteiger partial charge in [-0.2, -0.15) is 4.98 Å². The molecule has 2 aromatic rings. The van der Waals surface area contributed by atoms with Crippen molar-refractivity contribution in [1.29, 1.82) is 0 Å². The fourth-order valence-electron chi connectivity index (χ4n) is 1.37. The Morgan fingerprint density at radius 1 is 1.53 bits per heavy atom. The number of hydrogen-bond acceptors (Lipinski definition) is 5. The van der Waals surface area contributed by atoms with Gasteiger partial charge in [0.15, 0.2) is 0 Å². The van der Waals surface area contributed by atoms with E-state index in [4.69, 9.17) is 15.4 Å². The Morgan fingerprint density at radius 2 is 2.29 bits per heavy atom. The molecular formula is C11H12BrN3O2. The third-order valence-electron chi connectivity index (χ3n) is 2.32. The molecule has 0 aliphatic rings. The highest BCUT2D eigenvalue weighted by Gasteiger charge is 2.16. The van der Waals surface area contributed by atoms with E-state index >= 15 is 0 Å². The molecule has 90 valence electrons. The lowest BCUT2D eigenvalue weighted by Crippen LogP contribution is -2.14. The molecule has 0 saturated carbocycles. The smallest absolute Gasteiger partial charge is 0.246 e. The van der Waals surface area contributed by atoms with Crippen molar-refractivity contribution in [3.8, 4) is 11.4 Å². The van der Waals surface area contributed by atoms with E-state index < -0.39 is 6.04 Å². The van der Waals surface area contributed by atoms with Crippen molar-refractivity contribution in [2.45, 2.75) is 13.0 Å². The van der Waals surface area contributed by atoms with Gasteiger partial charge in [0.25, 0.3) is 0 Å². The molecule has 0 bridgehead atoms. The van der Waals surface area contributed by atoms with Crippen molar-refractivity contribution in [1.82, 2.24) is 10.1 Å². The van der Waals surface area contributed by atoms with Crippen LogP contribution in [0.1, 0.15) is 17.5 Å². The van der Waals surface area contributed by atoms with E-state index in [0.717, 1.165) is 15.6 Å². The molecule has 0 radical (unpaired) electrons. The zero-order chi connectivity index (χ0) is 12.4. The van der Waals surface area contributed by atoms with Crippen molar-refractivity contribution < 1.29 is 9.63 Å². The molecule has 0 spiro atoms. The summed E-state index contributed by atoms with van der Waals surface area (Å²) < 4.78 is 5.88. The normalized spacial score (nSPS) is 12.7. The SMILES string of the molecule is Cc1ccc(-c2noc([C@H](N)CO)n2)c(Br)c1. The number of aliphatic hydroxyl groups excluding tert-OH is 1. The second-order valence-electron chi connectivity index (χ2n) is 3.73. The average Bonchev–Trinajstić information content (AvgIpc) is 2.77. The highest BCUT2D eigenvalue weighted by atomic mass is 79.9. The molecule has 0 aliphatic carbocycles. The van der Waals surface area contributed by atoms with Gasteiger partial charge in [0, 0.05) is 10.0 Å². The number of nitrogens with two attached hydrogens (primary N) is 1. The van der Waals surface area contributed by atoms with Crippen molar-refractivity contribution in [2.24, 2.45) is 5.73 Å². The Labute approximate surface area is 107 Å². The molecule has 6 heteroatoms. The minimum atomic E-state index is -0.638. The van der Waals surface area contributed by atoms with Crippen LogP contribution in [0.4, 0.5) is 0 Å². The molecule has 3 N–H and O–H groups in total. The molecule has 1 aromatic carbocycles. The summed E-state index contributed by atoms with van der Waals surface area (Å²) in [4.78, 5) is 4.15. The van der Waals surface area contributed by atoms with Crippen molar-refractivity contribution in [3.05, 3.63) is 34.1 Å². The van der Waals surface area contributed by atoms with Crippen LogP contribution < -0.4 is 5.73 Å². The van der Waals surface area contributed by atoms with Crippen LogP contribution in [0.5, 0.6) is 0 Å². The number of benzene rings is 1. The standard InChI is InChI=1S/C11H12BrN3O2/c1-6-2-3-7(8(12)4-6)10-14-11(17-15-10)9(13)5-16/h2-4,9,16H,5,13H2,1H3/t9-/m1/s1. The average molecular weight is 298 g/mol. The summed E-state index contributed by atoms with van der Waals surface area (Å²) in [5.74, 6) is 0.686. The molecular weight excluding hydrogens is 286 g/mol. The Hall–Kier alpha value is -1.24. The quantitative estimate of drug-likeness (QED) is 0.902. The minimum absolute atomic E-state index is 0.225. The molecule has 1 aromatic heterocycles. The maximum atomic E-state index is 8.90. The fraction of sp³-hybridized carbons (Fsp3) is 0.273. The summed E-state index contributed by atoms with van der Waals surface area (Å²) in [5.41, 5.74) is 7.55. The molecule has 1 heterocycles. The fourth-order valence-corrected chi connectivity index (χ4v) is 2.05. The predicted octanol–water partition coefficient (Wildman–Crippen LogP) is 1.80. The van der Waals surface area contributed by atoms with Crippen LogP contribution in [0.25, 0.3) is 11.4 Å². The van der Waals surface area contributed by atoms with E-state index in [-0.39, 0.29) is 12.5 Å². The second-order valence-corrected chi connectivity index (χ2v) is 4.58. The van der Waals surface area contributed by atoms with E-state index in [0.29, 0.717) is 5.82 Å². The Kier molecular flexibility index (Phi) is 3.56. The highest BCUT2D eigenvalue weighted by Crippen LogP contribution is 2.27. The van der Waals surface area contributed by atoms with Gasteiger partial charge in [-0.1, -0.05) is 27.2 Å². The van der Waals surface area contributed by atoms with Gasteiger partial charge >= 0.3 is 0 Å². The maximum absolute atomic E-state index is 8.90. The first-order valence-electron chi connectivity index (χ1n) is 5.08. The zero-order valence-electron chi connectivity index (χ0n) is 9.22. The first-order chi connectivity index (χ1) is 8.11. The van der Waals surface area contributed by atoms with Gasteiger partial charge in [0.2, 0.25) is 11.7 Å². The second kappa shape index (κ2) is 4.95. The lowest BCUT2D eigenvalue weighted by molar-refractivity contribution is 0.237. The van der Waals surface area contributed by atoms with Gasteiger partial charge in [-0.3, -0.25) is 0 Å². The van der Waals surface area contributed by atoms with Crippen LogP contribution in [0.2, 0.25) is 0 Å². The van der Waals surface area contributed by atoms with Gasteiger partial charge in [-0.25, -0.2) is 0 Å². The molecule has 2 rings (SSSR count). The summed E-state index contributed by atoms with van der Waals surface area (Å²) in [7, 11) is 0. The molecule has 0 saturated heterocycles. The van der Waals surface area contributed by atoms with Gasteiger partial charge in [0.1, 0.15) is 6.04 Å². The number of nitrogens with zero attached hydrogens (tertiary/aromatic N) is 2. The number of aryl methyl sites for hydroxylation is 1. The molecule has 0 fully saturated rings. The topological polar surface area (TPSA) is 85.2 Å². The van der Waals surface area contributed by atoms with Crippen LogP contribution in [0.15, 0.2) is 27.2 Å².